The molecule has 0 aliphatic carbocycles. The lowest BCUT2D eigenvalue weighted by Gasteiger charge is -2.01. The molecule has 0 N–H and O–H groups in total. The van der Waals surface area contributed by atoms with E-state index < -0.39 is 5.97 Å². The maximum absolute atomic E-state index is 11.2. The first-order valence-corrected chi connectivity index (χ1v) is 3.90. The summed E-state index contributed by atoms with van der Waals surface area (Å²) in [5.41, 5.74) is 0.422. The lowest BCUT2D eigenvalue weighted by molar-refractivity contribution is -0.130. The number of hydrogen-bond donors (Lipinski definition) is 0. The summed E-state index contributed by atoms with van der Waals surface area (Å²) in [4.78, 5) is 18.7. The first kappa shape index (κ1) is 16.3. The number of ether oxygens (including phenoxy) is 1. The number of rotatable bonds is 3. The number of carbonyl (C=O) groups is 1. The van der Waals surface area contributed by atoms with E-state index in [9.17, 15) is 4.79 Å². The fraction of sp³-hybridized carbons (Fsp3) is 0.222. The van der Waals surface area contributed by atoms with Gasteiger partial charge in [0.15, 0.2) is 0 Å². The highest BCUT2D eigenvalue weighted by molar-refractivity contribution is 5.89. The van der Waals surface area contributed by atoms with Crippen LogP contribution in [-0.4, -0.2) is 15.9 Å². The van der Waals surface area contributed by atoms with E-state index in [1.807, 2.05) is 6.92 Å². The van der Waals surface area contributed by atoms with E-state index in [4.69, 9.17) is 4.74 Å². The molecule has 84 valence electrons. The van der Waals surface area contributed by atoms with Crippen molar-refractivity contribution in [3.63, 3.8) is 0 Å². The van der Waals surface area contributed by atoms with Crippen LogP contribution in [-0.2, 0) is 4.79 Å². The second-order valence-corrected chi connectivity index (χ2v) is 2.39. The Bertz CT molecular complexity index is 317. The zero-order chi connectivity index (χ0) is 9.68. The summed E-state index contributed by atoms with van der Waals surface area (Å²) >= 11 is 0. The number of nitrogens with zero attached hydrogens (tertiary/aromatic N) is 2. The molecule has 0 atom stereocenters. The highest BCUT2D eigenvalue weighted by Gasteiger charge is 2.07. The Morgan fingerprint density at radius 1 is 1.47 bits per heavy atom. The van der Waals surface area contributed by atoms with E-state index in [1.165, 1.54) is 18.6 Å². The molecule has 0 saturated carbocycles. The van der Waals surface area contributed by atoms with E-state index in [-0.39, 0.29) is 30.7 Å². The molecule has 15 heavy (non-hydrogen) atoms. The highest BCUT2D eigenvalue weighted by atomic mass is 35.5. The van der Waals surface area contributed by atoms with Crippen LogP contribution in [0.1, 0.15) is 13.3 Å². The third kappa shape index (κ3) is 5.34. The molecular weight excluding hydrogens is 239 g/mol. The molecule has 0 saturated heterocycles. The topological polar surface area (TPSA) is 52.1 Å². The second-order valence-electron chi connectivity index (χ2n) is 2.39. The lowest BCUT2D eigenvalue weighted by Crippen LogP contribution is -2.10. The molecule has 1 rings (SSSR count). The van der Waals surface area contributed by atoms with Crippen molar-refractivity contribution in [2.45, 2.75) is 13.3 Å². The van der Waals surface area contributed by atoms with Crippen LogP contribution in [0.3, 0.4) is 0 Å². The Morgan fingerprint density at radius 3 is 2.60 bits per heavy atom. The molecule has 1 heterocycles. The second kappa shape index (κ2) is 8.20. The van der Waals surface area contributed by atoms with E-state index in [1.54, 1.807) is 0 Å². The average molecular weight is 251 g/mol. The first-order chi connectivity index (χ1) is 6.24. The van der Waals surface area contributed by atoms with Crippen molar-refractivity contribution in [1.29, 1.82) is 0 Å². The molecule has 0 aliphatic rings. The van der Waals surface area contributed by atoms with Gasteiger partial charge < -0.3 is 4.74 Å². The van der Waals surface area contributed by atoms with E-state index in [0.717, 1.165) is 0 Å². The van der Waals surface area contributed by atoms with Crippen LogP contribution in [0.2, 0.25) is 0 Å². The molecule has 1 aromatic rings. The summed E-state index contributed by atoms with van der Waals surface area (Å²) in [6.07, 6.45) is 4.91. The predicted molar refractivity (Wildman–Crippen MR) is 61.6 cm³/mol. The van der Waals surface area contributed by atoms with Gasteiger partial charge in [-0.3, -0.25) is 4.98 Å². The molecule has 0 aromatic carbocycles. The van der Waals surface area contributed by atoms with Gasteiger partial charge in [0.2, 0.25) is 5.88 Å². The molecule has 6 heteroatoms. The zero-order valence-corrected chi connectivity index (χ0v) is 9.81. The third-order valence-corrected chi connectivity index (χ3v) is 1.45. The van der Waals surface area contributed by atoms with Crippen LogP contribution in [0.4, 0.5) is 0 Å². The van der Waals surface area contributed by atoms with Gasteiger partial charge in [0.05, 0.1) is 6.20 Å². The van der Waals surface area contributed by atoms with Crippen molar-refractivity contribution in [3.8, 4) is 5.88 Å². The molecule has 1 aromatic heterocycles. The molecule has 0 amide bonds. The van der Waals surface area contributed by atoms with Gasteiger partial charge in [0.25, 0.3) is 0 Å². The Hall–Kier alpha value is -1.13. The van der Waals surface area contributed by atoms with Gasteiger partial charge in [-0.1, -0.05) is 13.5 Å². The van der Waals surface area contributed by atoms with E-state index in [2.05, 4.69) is 16.5 Å². The SMILES string of the molecule is C=C(CC)C(=O)Oc1cnccn1.Cl.Cl. The van der Waals surface area contributed by atoms with Crippen LogP contribution >= 0.6 is 24.8 Å². The molecule has 4 nitrogen and oxygen atoms in total. The van der Waals surface area contributed by atoms with Crippen LogP contribution in [0.5, 0.6) is 5.88 Å². The van der Waals surface area contributed by atoms with Gasteiger partial charge >= 0.3 is 5.97 Å². The minimum atomic E-state index is -0.456. The van der Waals surface area contributed by atoms with Gasteiger partial charge in [0, 0.05) is 18.0 Å². The molecule has 0 bridgehead atoms. The summed E-state index contributed by atoms with van der Waals surface area (Å²) < 4.78 is 4.85. The van der Waals surface area contributed by atoms with Crippen molar-refractivity contribution in [2.75, 3.05) is 0 Å². The minimum absolute atomic E-state index is 0. The largest absolute Gasteiger partial charge is 0.402 e. The Balaban J connectivity index is 0. The maximum atomic E-state index is 11.2. The first-order valence-electron chi connectivity index (χ1n) is 3.90. The number of aromatic nitrogens is 2. The van der Waals surface area contributed by atoms with E-state index >= 15 is 0 Å². The summed E-state index contributed by atoms with van der Waals surface area (Å²) in [5, 5.41) is 0. The molecule has 0 spiro atoms. The van der Waals surface area contributed by atoms with Gasteiger partial charge in [-0.15, -0.1) is 24.8 Å². The monoisotopic (exact) mass is 250 g/mol. The maximum Gasteiger partial charge on any atom is 0.340 e. The zero-order valence-electron chi connectivity index (χ0n) is 8.17. The predicted octanol–water partition coefficient (Wildman–Crippen LogP) is 2.19. The fourth-order valence-corrected chi connectivity index (χ4v) is 0.650. The summed E-state index contributed by atoms with van der Waals surface area (Å²) in [7, 11) is 0. The summed E-state index contributed by atoms with van der Waals surface area (Å²) in [6.45, 7) is 5.38. The molecule has 0 radical (unpaired) electrons. The molecule has 0 unspecified atom stereocenters. The van der Waals surface area contributed by atoms with Crippen LogP contribution < -0.4 is 4.74 Å². The lowest BCUT2D eigenvalue weighted by atomic mass is 10.2. The van der Waals surface area contributed by atoms with Gasteiger partial charge in [-0.25, -0.2) is 9.78 Å². The van der Waals surface area contributed by atoms with Crippen molar-refractivity contribution >= 4 is 30.8 Å². The van der Waals surface area contributed by atoms with Gasteiger partial charge in [-0.2, -0.15) is 0 Å². The molecular formula is C9H12Cl2N2O2. The average Bonchev–Trinajstić information content (AvgIpc) is 2.18. The number of carbonyl (C=O) groups excluding carboxylic acids is 1. The number of hydrogen-bond acceptors (Lipinski definition) is 4. The fourth-order valence-electron chi connectivity index (χ4n) is 0.650. The Morgan fingerprint density at radius 2 is 2.13 bits per heavy atom. The third-order valence-electron chi connectivity index (χ3n) is 1.45. The number of esters is 1. The van der Waals surface area contributed by atoms with Gasteiger partial charge in [0.1, 0.15) is 0 Å². The van der Waals surface area contributed by atoms with Crippen molar-refractivity contribution < 1.29 is 9.53 Å². The number of halogens is 2. The minimum Gasteiger partial charge on any atom is -0.402 e. The summed E-state index contributed by atoms with van der Waals surface area (Å²) in [5.74, 6) is -0.259. The van der Waals surface area contributed by atoms with Crippen LogP contribution in [0.15, 0.2) is 30.7 Å². The molecule has 0 fully saturated rings. The Labute approximate surface area is 101 Å². The smallest absolute Gasteiger partial charge is 0.340 e. The molecule has 0 aliphatic heterocycles. The van der Waals surface area contributed by atoms with Crippen molar-refractivity contribution in [1.82, 2.24) is 9.97 Å². The Kier molecular flexibility index (Phi) is 8.91. The highest BCUT2D eigenvalue weighted by Crippen LogP contribution is 2.05. The van der Waals surface area contributed by atoms with Gasteiger partial charge in [-0.05, 0) is 6.42 Å². The van der Waals surface area contributed by atoms with E-state index in [0.29, 0.717) is 12.0 Å². The normalized spacial score (nSPS) is 8.07. The summed E-state index contributed by atoms with van der Waals surface area (Å²) in [6, 6.07) is 0. The van der Waals surface area contributed by atoms with Crippen molar-refractivity contribution in [3.05, 3.63) is 30.7 Å². The standard InChI is InChI=1S/C9H10N2O2.2ClH/c1-3-7(2)9(12)13-8-6-10-4-5-11-8;;/h4-6H,2-3H2,1H3;2*1H. The van der Waals surface area contributed by atoms with Crippen LogP contribution in [0.25, 0.3) is 0 Å². The van der Waals surface area contributed by atoms with Crippen molar-refractivity contribution in [2.24, 2.45) is 0 Å². The quantitative estimate of drug-likeness (QED) is 0.610. The van der Waals surface area contributed by atoms with Crippen LogP contribution in [0, 0.1) is 0 Å².